The van der Waals surface area contributed by atoms with Gasteiger partial charge in [0.1, 0.15) is 31.2 Å². The minimum atomic E-state index is -1.85. The van der Waals surface area contributed by atoms with E-state index in [9.17, 15) is 14.4 Å². The summed E-state index contributed by atoms with van der Waals surface area (Å²) in [5.74, 6) is -1.20. The van der Waals surface area contributed by atoms with Crippen molar-refractivity contribution in [3.05, 3.63) is 0 Å². The number of nitrogens with zero attached hydrogens (tertiary/aromatic N) is 2. The third kappa shape index (κ3) is 12.6. The van der Waals surface area contributed by atoms with E-state index in [4.69, 9.17) is 114 Å². The zero-order chi connectivity index (χ0) is 34.2. The second-order valence-electron chi connectivity index (χ2n) is 11.3. The number of hydrogen-bond acceptors (Lipinski definition) is 10. The number of alkyl halides is 7. The fourth-order valence-electron chi connectivity index (χ4n) is 5.61. The Morgan fingerprint density at radius 2 is 1.41 bits per heavy atom. The van der Waals surface area contributed by atoms with Gasteiger partial charge in [0.25, 0.3) is 0 Å². The van der Waals surface area contributed by atoms with Crippen LogP contribution in [-0.4, -0.2) is 124 Å². The number of likely N-dealkylation sites (N-methyl/N-ethyl adjacent to an activating group) is 2. The van der Waals surface area contributed by atoms with Crippen molar-refractivity contribution in [2.45, 2.75) is 109 Å². The fraction of sp³-hybridized carbons (Fsp3) is 0.889. The Morgan fingerprint density at radius 1 is 0.826 bits per heavy atom. The van der Waals surface area contributed by atoms with Gasteiger partial charge in [0, 0.05) is 20.5 Å². The maximum atomic E-state index is 13.1. The van der Waals surface area contributed by atoms with Crippen molar-refractivity contribution < 1.29 is 47.5 Å². The molecule has 3 rings (SSSR count). The molecule has 2 heterocycles. The Morgan fingerprint density at radius 3 is 1.96 bits per heavy atom. The van der Waals surface area contributed by atoms with Gasteiger partial charge in [0.05, 0.1) is 24.9 Å². The molecule has 3 aliphatic rings. The number of halogens is 7. The third-order valence-electron chi connectivity index (χ3n) is 7.83. The highest BCUT2D eigenvalue weighted by Crippen LogP contribution is 2.34. The van der Waals surface area contributed by atoms with Crippen LogP contribution in [-0.2, 0) is 38.0 Å². The highest BCUT2D eigenvalue weighted by molar-refractivity contribution is 6.68. The van der Waals surface area contributed by atoms with Gasteiger partial charge < -0.3 is 38.1 Å². The molecule has 3 fully saturated rings. The van der Waals surface area contributed by atoms with Crippen LogP contribution in [0.2, 0.25) is 0 Å². The molecule has 0 N–H and O–H groups in total. The number of carbonyl (C=O) groups excluding carboxylic acids is 3. The van der Waals surface area contributed by atoms with Crippen LogP contribution in [0, 0.1) is 0 Å². The maximum Gasteiger partial charge on any atom is 0.410 e. The molecule has 0 aromatic carbocycles. The number of carbonyl (C=O) groups is 3. The van der Waals surface area contributed by atoms with Gasteiger partial charge in [-0.3, -0.25) is 9.69 Å². The molecular formula is C27H39Cl7N2O10. The van der Waals surface area contributed by atoms with Gasteiger partial charge in [0.2, 0.25) is 7.59 Å². The summed E-state index contributed by atoms with van der Waals surface area (Å²) < 4.78 is 37.3. The Balaban J connectivity index is 1.77. The standard InChI is InChI=1S/C27H39Cl7N2O10/c1-15-17(35(2)24(38)41-13-26(29,30)31)9-10-20(43-15)45-18-12-40-23(44-16-7-5-4-6-8-16)21(22(18)46-19(37)11-28)36(3)25(39)42-14-27(32,33)34/h15-18,20-23H,4-14H2,1-3H3/t15-,17+,18-,20+,21-,22+,23+/m1/s1. The first kappa shape index (κ1) is 40.3. The lowest BCUT2D eigenvalue weighted by Gasteiger charge is -2.47. The third-order valence-corrected chi connectivity index (χ3v) is 8.71. The van der Waals surface area contributed by atoms with Crippen LogP contribution in [0.15, 0.2) is 0 Å². The molecular weight excluding hydrogens is 760 g/mol. The van der Waals surface area contributed by atoms with Crippen LogP contribution < -0.4 is 0 Å². The van der Waals surface area contributed by atoms with Crippen molar-refractivity contribution in [1.82, 2.24) is 9.80 Å². The molecule has 266 valence electrons. The topological polar surface area (TPSA) is 122 Å². The van der Waals surface area contributed by atoms with Gasteiger partial charge in [0.15, 0.2) is 18.7 Å². The van der Waals surface area contributed by atoms with E-state index >= 15 is 0 Å². The summed E-state index contributed by atoms with van der Waals surface area (Å²) in [5.41, 5.74) is 0. The van der Waals surface area contributed by atoms with Crippen LogP contribution in [0.3, 0.4) is 0 Å². The number of rotatable bonds is 10. The van der Waals surface area contributed by atoms with Gasteiger partial charge in [-0.1, -0.05) is 88.9 Å². The smallest absolute Gasteiger partial charge is 0.410 e. The van der Waals surface area contributed by atoms with E-state index in [1.807, 2.05) is 0 Å². The van der Waals surface area contributed by atoms with Crippen molar-refractivity contribution in [3.8, 4) is 0 Å². The predicted molar refractivity (Wildman–Crippen MR) is 173 cm³/mol. The number of esters is 1. The number of amides is 2. The van der Waals surface area contributed by atoms with Gasteiger partial charge in [-0.15, -0.1) is 11.6 Å². The monoisotopic (exact) mass is 796 g/mol. The lowest BCUT2D eigenvalue weighted by molar-refractivity contribution is -0.304. The van der Waals surface area contributed by atoms with E-state index in [0.717, 1.165) is 32.1 Å². The largest absolute Gasteiger partial charge is 0.456 e. The minimum Gasteiger partial charge on any atom is -0.456 e. The van der Waals surface area contributed by atoms with E-state index in [1.165, 1.54) is 16.8 Å². The Kier molecular flexibility index (Phi) is 16.0. The highest BCUT2D eigenvalue weighted by Gasteiger charge is 2.50. The molecule has 1 aliphatic carbocycles. The second-order valence-corrected chi connectivity index (χ2v) is 16.6. The summed E-state index contributed by atoms with van der Waals surface area (Å²) in [4.78, 5) is 40.8. The zero-order valence-electron chi connectivity index (χ0n) is 25.5. The van der Waals surface area contributed by atoms with Gasteiger partial charge >= 0.3 is 18.2 Å². The quantitative estimate of drug-likeness (QED) is 0.140. The van der Waals surface area contributed by atoms with E-state index in [-0.39, 0.29) is 18.8 Å². The molecule has 0 aromatic rings. The summed E-state index contributed by atoms with van der Waals surface area (Å²) in [6.45, 7) is 0.756. The van der Waals surface area contributed by atoms with Crippen LogP contribution >= 0.6 is 81.2 Å². The summed E-state index contributed by atoms with van der Waals surface area (Å²) in [7, 11) is 2.98. The molecule has 2 amide bonds. The highest BCUT2D eigenvalue weighted by atomic mass is 35.6. The molecule has 7 atom stereocenters. The second kappa shape index (κ2) is 18.2. The van der Waals surface area contributed by atoms with Gasteiger partial charge in [-0.2, -0.15) is 0 Å². The summed E-state index contributed by atoms with van der Waals surface area (Å²) in [6, 6.07) is -1.42. The Hall–Kier alpha value is -0.120. The van der Waals surface area contributed by atoms with Crippen LogP contribution in [0.25, 0.3) is 0 Å². The molecule has 2 aliphatic heterocycles. The summed E-state index contributed by atoms with van der Waals surface area (Å²) in [6.07, 6.45) is -0.553. The molecule has 1 saturated carbocycles. The molecule has 2 saturated heterocycles. The molecule has 0 spiro atoms. The van der Waals surface area contributed by atoms with Crippen molar-refractivity contribution in [1.29, 1.82) is 0 Å². The lowest BCUT2D eigenvalue weighted by atomic mass is 9.96. The summed E-state index contributed by atoms with van der Waals surface area (Å²) >= 11 is 40.3. The molecule has 19 heteroatoms. The van der Waals surface area contributed by atoms with Gasteiger partial charge in [-0.25, -0.2) is 9.59 Å². The molecule has 0 aromatic heterocycles. The van der Waals surface area contributed by atoms with E-state index in [0.29, 0.717) is 12.8 Å². The molecule has 0 bridgehead atoms. The van der Waals surface area contributed by atoms with E-state index in [1.54, 1.807) is 14.0 Å². The number of ether oxygens (including phenoxy) is 7. The summed E-state index contributed by atoms with van der Waals surface area (Å²) in [5, 5.41) is 0. The molecule has 46 heavy (non-hydrogen) atoms. The average molecular weight is 800 g/mol. The lowest BCUT2D eigenvalue weighted by Crippen LogP contribution is -2.64. The van der Waals surface area contributed by atoms with Crippen LogP contribution in [0.1, 0.15) is 51.9 Å². The minimum absolute atomic E-state index is 0.0634. The Labute approximate surface area is 303 Å². The predicted octanol–water partition coefficient (Wildman–Crippen LogP) is 6.37. The fourth-order valence-corrected chi connectivity index (χ4v) is 6.00. The average Bonchev–Trinajstić information content (AvgIpc) is 2.99. The van der Waals surface area contributed by atoms with Crippen molar-refractivity contribution in [2.75, 3.05) is 39.8 Å². The van der Waals surface area contributed by atoms with Crippen molar-refractivity contribution >= 4 is 99.4 Å². The van der Waals surface area contributed by atoms with E-state index < -0.39 is 81.8 Å². The zero-order valence-corrected chi connectivity index (χ0v) is 30.8. The van der Waals surface area contributed by atoms with E-state index in [2.05, 4.69) is 0 Å². The Bertz CT molecular complexity index is 1010. The first-order valence-corrected chi connectivity index (χ1v) is 17.6. The van der Waals surface area contributed by atoms with Gasteiger partial charge in [-0.05, 0) is 26.2 Å². The normalized spacial score (nSPS) is 29.5. The molecule has 12 nitrogen and oxygen atoms in total. The number of hydrogen-bond donors (Lipinski definition) is 0. The first-order valence-electron chi connectivity index (χ1n) is 14.7. The molecule has 0 unspecified atom stereocenters. The first-order chi connectivity index (χ1) is 21.5. The van der Waals surface area contributed by atoms with Crippen LogP contribution in [0.4, 0.5) is 9.59 Å². The maximum absolute atomic E-state index is 13.1. The SMILES string of the molecule is C[C@H]1O[C@@H](O[C@@H]2CO[C@@H](OC3CCCCC3)[C@H](N(C)C(=O)OCC(Cl)(Cl)Cl)[C@H]2OC(=O)CCl)CC[C@@H]1N(C)C(=O)OCC(Cl)(Cl)Cl. The molecule has 0 radical (unpaired) electrons. The van der Waals surface area contributed by atoms with Crippen LogP contribution in [0.5, 0.6) is 0 Å². The van der Waals surface area contributed by atoms with Crippen molar-refractivity contribution in [3.63, 3.8) is 0 Å². The van der Waals surface area contributed by atoms with Crippen molar-refractivity contribution in [2.24, 2.45) is 0 Å².